The lowest BCUT2D eigenvalue weighted by atomic mass is 9.96. The van der Waals surface area contributed by atoms with Crippen molar-refractivity contribution in [2.75, 3.05) is 26.2 Å². The molecule has 1 unspecified atom stereocenters. The van der Waals surface area contributed by atoms with Crippen LogP contribution in [-0.2, 0) is 4.74 Å². The van der Waals surface area contributed by atoms with E-state index in [1.165, 1.54) is 19.3 Å². The van der Waals surface area contributed by atoms with Crippen LogP contribution in [0.2, 0.25) is 0 Å². The molecule has 0 aromatic heterocycles. The Morgan fingerprint density at radius 1 is 1.46 bits per heavy atom. The molecule has 0 spiro atoms. The number of rotatable bonds is 2. The van der Waals surface area contributed by atoms with E-state index in [0.717, 1.165) is 26.2 Å². The maximum atomic E-state index is 9.53. The summed E-state index contributed by atoms with van der Waals surface area (Å²) >= 11 is 0. The standard InChI is InChI=1S/C10H19NO2/c1-10(12)7-11(8-10)6-9-4-2-3-5-13-9/h9,12H,2-8H2,1H3. The Balaban J connectivity index is 1.68. The quantitative estimate of drug-likeness (QED) is 0.684. The lowest BCUT2D eigenvalue weighted by Crippen LogP contribution is -2.61. The summed E-state index contributed by atoms with van der Waals surface area (Å²) in [6.45, 7) is 5.45. The number of nitrogens with zero attached hydrogens (tertiary/aromatic N) is 1. The van der Waals surface area contributed by atoms with E-state index in [2.05, 4.69) is 4.90 Å². The third kappa shape index (κ3) is 2.42. The van der Waals surface area contributed by atoms with Crippen molar-refractivity contribution < 1.29 is 9.84 Å². The van der Waals surface area contributed by atoms with Crippen molar-refractivity contribution in [3.63, 3.8) is 0 Å². The molecule has 1 N–H and O–H groups in total. The summed E-state index contributed by atoms with van der Waals surface area (Å²) in [5.74, 6) is 0. The molecule has 3 nitrogen and oxygen atoms in total. The first-order chi connectivity index (χ1) is 6.16. The first-order valence-electron chi connectivity index (χ1n) is 5.22. The van der Waals surface area contributed by atoms with Gasteiger partial charge in [0.1, 0.15) is 0 Å². The second-order valence-electron chi connectivity index (χ2n) is 4.66. The van der Waals surface area contributed by atoms with Crippen molar-refractivity contribution in [2.24, 2.45) is 0 Å². The molecule has 0 aliphatic carbocycles. The number of hydrogen-bond donors (Lipinski definition) is 1. The lowest BCUT2D eigenvalue weighted by molar-refractivity contribution is -0.107. The van der Waals surface area contributed by atoms with Gasteiger partial charge < -0.3 is 9.84 Å². The van der Waals surface area contributed by atoms with E-state index in [0.29, 0.717) is 6.10 Å². The zero-order valence-corrected chi connectivity index (χ0v) is 8.33. The molecule has 1 atom stereocenters. The van der Waals surface area contributed by atoms with Crippen LogP contribution in [0.15, 0.2) is 0 Å². The Morgan fingerprint density at radius 2 is 2.23 bits per heavy atom. The predicted octanol–water partition coefficient (Wildman–Crippen LogP) is 0.622. The van der Waals surface area contributed by atoms with Crippen LogP contribution in [0.25, 0.3) is 0 Å². The molecular formula is C10H19NO2. The minimum Gasteiger partial charge on any atom is -0.388 e. The molecule has 2 aliphatic rings. The summed E-state index contributed by atoms with van der Waals surface area (Å²) in [6, 6.07) is 0. The molecule has 0 aromatic carbocycles. The van der Waals surface area contributed by atoms with Crippen LogP contribution in [0.5, 0.6) is 0 Å². The van der Waals surface area contributed by atoms with Gasteiger partial charge in [0.2, 0.25) is 0 Å². The van der Waals surface area contributed by atoms with Crippen LogP contribution in [0.3, 0.4) is 0 Å². The van der Waals surface area contributed by atoms with Crippen LogP contribution in [0.1, 0.15) is 26.2 Å². The molecule has 76 valence electrons. The molecule has 13 heavy (non-hydrogen) atoms. The van der Waals surface area contributed by atoms with E-state index in [9.17, 15) is 5.11 Å². The van der Waals surface area contributed by atoms with Crippen molar-refractivity contribution in [1.29, 1.82) is 0 Å². The number of likely N-dealkylation sites (tertiary alicyclic amines) is 1. The summed E-state index contributed by atoms with van der Waals surface area (Å²) in [7, 11) is 0. The van der Waals surface area contributed by atoms with E-state index < -0.39 is 5.60 Å². The van der Waals surface area contributed by atoms with E-state index in [1.807, 2.05) is 6.92 Å². The highest BCUT2D eigenvalue weighted by Gasteiger charge is 2.37. The minimum absolute atomic E-state index is 0.421. The monoisotopic (exact) mass is 185 g/mol. The molecule has 0 bridgehead atoms. The third-order valence-electron chi connectivity index (χ3n) is 2.86. The van der Waals surface area contributed by atoms with E-state index in [1.54, 1.807) is 0 Å². The highest BCUT2D eigenvalue weighted by molar-refractivity contribution is 4.92. The molecule has 0 radical (unpaired) electrons. The van der Waals surface area contributed by atoms with Crippen molar-refractivity contribution >= 4 is 0 Å². The molecule has 2 heterocycles. The van der Waals surface area contributed by atoms with Gasteiger partial charge >= 0.3 is 0 Å². The smallest absolute Gasteiger partial charge is 0.0872 e. The van der Waals surface area contributed by atoms with E-state index in [-0.39, 0.29) is 0 Å². The van der Waals surface area contributed by atoms with Gasteiger partial charge in [0.25, 0.3) is 0 Å². The van der Waals surface area contributed by atoms with Gasteiger partial charge in [-0.1, -0.05) is 0 Å². The molecule has 2 aliphatic heterocycles. The van der Waals surface area contributed by atoms with Crippen molar-refractivity contribution in [3.8, 4) is 0 Å². The number of aliphatic hydroxyl groups is 1. The zero-order valence-electron chi connectivity index (χ0n) is 8.33. The molecule has 3 heteroatoms. The zero-order chi connectivity index (χ0) is 9.31. The summed E-state index contributed by atoms with van der Waals surface area (Å²) in [4.78, 5) is 2.27. The lowest BCUT2D eigenvalue weighted by Gasteiger charge is -2.45. The van der Waals surface area contributed by atoms with Gasteiger partial charge in [-0.25, -0.2) is 0 Å². The molecule has 2 rings (SSSR count). The van der Waals surface area contributed by atoms with Gasteiger partial charge in [-0.3, -0.25) is 4.90 Å². The maximum Gasteiger partial charge on any atom is 0.0872 e. The van der Waals surface area contributed by atoms with Gasteiger partial charge in [-0.15, -0.1) is 0 Å². The van der Waals surface area contributed by atoms with Crippen molar-refractivity contribution in [2.45, 2.75) is 37.9 Å². The Bertz CT molecular complexity index is 168. The highest BCUT2D eigenvalue weighted by Crippen LogP contribution is 2.22. The molecule has 2 fully saturated rings. The van der Waals surface area contributed by atoms with Crippen LogP contribution in [0.4, 0.5) is 0 Å². The Morgan fingerprint density at radius 3 is 2.77 bits per heavy atom. The van der Waals surface area contributed by atoms with Crippen molar-refractivity contribution in [3.05, 3.63) is 0 Å². The summed E-state index contributed by atoms with van der Waals surface area (Å²) in [5, 5.41) is 9.53. The second-order valence-corrected chi connectivity index (χ2v) is 4.66. The van der Waals surface area contributed by atoms with Gasteiger partial charge in [-0.05, 0) is 26.2 Å². The highest BCUT2D eigenvalue weighted by atomic mass is 16.5. The molecule has 0 saturated carbocycles. The fourth-order valence-electron chi connectivity index (χ4n) is 2.29. The fourth-order valence-corrected chi connectivity index (χ4v) is 2.29. The second kappa shape index (κ2) is 3.56. The number of hydrogen-bond acceptors (Lipinski definition) is 3. The minimum atomic E-state index is -0.436. The Labute approximate surface area is 79.7 Å². The molecule has 2 saturated heterocycles. The number of β-amino-alcohol motifs (C(OH)–C–C–N with tert-alkyl or cyclic N) is 1. The third-order valence-corrected chi connectivity index (χ3v) is 2.86. The average Bonchev–Trinajstić information content (AvgIpc) is 2.03. The van der Waals surface area contributed by atoms with Crippen LogP contribution < -0.4 is 0 Å². The van der Waals surface area contributed by atoms with Gasteiger partial charge in [-0.2, -0.15) is 0 Å². The molecule has 0 amide bonds. The predicted molar refractivity (Wildman–Crippen MR) is 50.7 cm³/mol. The topological polar surface area (TPSA) is 32.7 Å². The molecule has 0 aromatic rings. The largest absolute Gasteiger partial charge is 0.388 e. The Kier molecular flexibility index (Phi) is 2.58. The summed E-state index contributed by atoms with van der Waals surface area (Å²) < 4.78 is 5.63. The van der Waals surface area contributed by atoms with Crippen molar-refractivity contribution in [1.82, 2.24) is 4.90 Å². The summed E-state index contributed by atoms with van der Waals surface area (Å²) in [5.41, 5.74) is -0.436. The van der Waals surface area contributed by atoms with Gasteiger partial charge in [0.05, 0.1) is 11.7 Å². The van der Waals surface area contributed by atoms with Gasteiger partial charge in [0.15, 0.2) is 0 Å². The Hall–Kier alpha value is -0.120. The SMILES string of the molecule is CC1(O)CN(CC2CCCCO2)C1. The van der Waals surface area contributed by atoms with Crippen LogP contribution in [-0.4, -0.2) is 48.0 Å². The maximum absolute atomic E-state index is 9.53. The normalized spacial score (nSPS) is 34.2. The average molecular weight is 185 g/mol. The fraction of sp³-hybridized carbons (Fsp3) is 1.00. The van der Waals surface area contributed by atoms with Crippen LogP contribution in [0, 0.1) is 0 Å². The summed E-state index contributed by atoms with van der Waals surface area (Å²) in [6.07, 6.45) is 4.13. The first kappa shape index (κ1) is 9.44. The van der Waals surface area contributed by atoms with E-state index >= 15 is 0 Å². The molecular weight excluding hydrogens is 166 g/mol. The van der Waals surface area contributed by atoms with Crippen LogP contribution >= 0.6 is 0 Å². The first-order valence-corrected chi connectivity index (χ1v) is 5.22. The number of ether oxygens (including phenoxy) is 1. The van der Waals surface area contributed by atoms with Gasteiger partial charge in [0, 0.05) is 26.2 Å². The van der Waals surface area contributed by atoms with E-state index in [4.69, 9.17) is 4.74 Å².